The molecular weight excluding hydrogens is 144 g/mol. The van der Waals surface area contributed by atoms with Crippen molar-refractivity contribution in [2.24, 2.45) is 5.41 Å². The summed E-state index contributed by atoms with van der Waals surface area (Å²) in [6.45, 7) is 0. The fourth-order valence-electron chi connectivity index (χ4n) is 1.69. The highest BCUT2D eigenvalue weighted by molar-refractivity contribution is 8.00. The minimum absolute atomic E-state index is 0.154. The van der Waals surface area contributed by atoms with Crippen LogP contribution in [0.4, 0.5) is 0 Å². The van der Waals surface area contributed by atoms with E-state index in [4.69, 9.17) is 0 Å². The molecule has 0 N–H and O–H groups in total. The molecule has 1 atom stereocenters. The summed E-state index contributed by atoms with van der Waals surface area (Å²) in [6, 6.07) is 0. The van der Waals surface area contributed by atoms with Crippen molar-refractivity contribution < 1.29 is 4.79 Å². The van der Waals surface area contributed by atoms with E-state index in [9.17, 15) is 4.79 Å². The lowest BCUT2D eigenvalue weighted by Gasteiger charge is -2.13. The van der Waals surface area contributed by atoms with Crippen molar-refractivity contribution in [2.45, 2.75) is 30.9 Å². The maximum Gasteiger partial charge on any atom is 0.127 e. The molecule has 1 unspecified atom stereocenters. The molecule has 1 aliphatic carbocycles. The maximum atomic E-state index is 10.7. The lowest BCUT2D eigenvalue weighted by atomic mass is 10.0. The Bertz CT molecular complexity index is 145. The normalized spacial score (nSPS) is 35.8. The van der Waals surface area contributed by atoms with Crippen molar-refractivity contribution in [3.8, 4) is 0 Å². The molecule has 1 aliphatic heterocycles. The van der Waals surface area contributed by atoms with Crippen LogP contribution in [0, 0.1) is 5.41 Å². The predicted octanol–water partition coefficient (Wildman–Crippen LogP) is 1.86. The second-order valence-electron chi connectivity index (χ2n) is 3.35. The van der Waals surface area contributed by atoms with Crippen LogP contribution in [-0.4, -0.2) is 17.3 Å². The second kappa shape index (κ2) is 2.26. The van der Waals surface area contributed by atoms with E-state index >= 15 is 0 Å². The Morgan fingerprint density at radius 3 is 2.70 bits per heavy atom. The molecule has 2 heteroatoms. The van der Waals surface area contributed by atoms with Gasteiger partial charge < -0.3 is 4.79 Å². The molecule has 0 aromatic carbocycles. The van der Waals surface area contributed by atoms with Gasteiger partial charge in [-0.2, -0.15) is 11.8 Å². The molecule has 56 valence electrons. The van der Waals surface area contributed by atoms with E-state index in [1.165, 1.54) is 24.9 Å². The van der Waals surface area contributed by atoms with Crippen LogP contribution in [0.2, 0.25) is 0 Å². The van der Waals surface area contributed by atoms with Crippen LogP contribution in [0.3, 0.4) is 0 Å². The number of carbonyl (C=O) groups is 1. The van der Waals surface area contributed by atoms with E-state index in [0.29, 0.717) is 5.25 Å². The first-order chi connectivity index (χ1) is 4.87. The van der Waals surface area contributed by atoms with Crippen molar-refractivity contribution in [1.29, 1.82) is 0 Å². The maximum absolute atomic E-state index is 10.7. The number of hydrogen-bond donors (Lipinski definition) is 0. The van der Waals surface area contributed by atoms with E-state index in [-0.39, 0.29) is 5.41 Å². The molecule has 1 heterocycles. The van der Waals surface area contributed by atoms with E-state index < -0.39 is 0 Å². The highest BCUT2D eigenvalue weighted by atomic mass is 32.2. The number of thioether (sulfide) groups is 1. The van der Waals surface area contributed by atoms with Crippen LogP contribution >= 0.6 is 11.8 Å². The van der Waals surface area contributed by atoms with Crippen LogP contribution in [-0.2, 0) is 4.79 Å². The lowest BCUT2D eigenvalue weighted by molar-refractivity contribution is -0.112. The molecule has 2 fully saturated rings. The van der Waals surface area contributed by atoms with Gasteiger partial charge in [-0.15, -0.1) is 0 Å². The van der Waals surface area contributed by atoms with Gasteiger partial charge in [0.2, 0.25) is 0 Å². The van der Waals surface area contributed by atoms with Gasteiger partial charge in [-0.3, -0.25) is 0 Å². The van der Waals surface area contributed by atoms with Crippen molar-refractivity contribution in [1.82, 2.24) is 0 Å². The Morgan fingerprint density at radius 1 is 1.50 bits per heavy atom. The summed E-state index contributed by atoms with van der Waals surface area (Å²) in [5.41, 5.74) is 0.154. The molecule has 0 bridgehead atoms. The number of carbonyl (C=O) groups excluding carboxylic acids is 1. The summed E-state index contributed by atoms with van der Waals surface area (Å²) >= 11 is 2.01. The van der Waals surface area contributed by atoms with Crippen LogP contribution in [0.1, 0.15) is 25.7 Å². The Morgan fingerprint density at radius 2 is 2.30 bits per heavy atom. The summed E-state index contributed by atoms with van der Waals surface area (Å²) in [7, 11) is 0. The molecule has 1 saturated carbocycles. The first-order valence-electron chi connectivity index (χ1n) is 3.95. The Labute approximate surface area is 65.6 Å². The zero-order valence-corrected chi connectivity index (χ0v) is 6.82. The first kappa shape index (κ1) is 6.71. The van der Waals surface area contributed by atoms with E-state index in [2.05, 4.69) is 0 Å². The zero-order chi connectivity index (χ0) is 7.03. The molecule has 1 saturated heterocycles. The average Bonchev–Trinajstić information content (AvgIpc) is 2.58. The standard InChI is InChI=1S/C8H12OS/c9-6-8(3-4-8)7-2-1-5-10-7/h6-7H,1-5H2. The third-order valence-electron chi connectivity index (χ3n) is 2.63. The number of hydrogen-bond acceptors (Lipinski definition) is 2. The molecule has 2 aliphatic rings. The van der Waals surface area contributed by atoms with Crippen molar-refractivity contribution in [3.63, 3.8) is 0 Å². The van der Waals surface area contributed by atoms with Gasteiger partial charge in [0.1, 0.15) is 6.29 Å². The highest BCUT2D eigenvalue weighted by Crippen LogP contribution is 2.54. The van der Waals surface area contributed by atoms with E-state index in [1.54, 1.807) is 0 Å². The van der Waals surface area contributed by atoms with E-state index in [1.807, 2.05) is 11.8 Å². The molecule has 1 nitrogen and oxygen atoms in total. The topological polar surface area (TPSA) is 17.1 Å². The van der Waals surface area contributed by atoms with Crippen molar-refractivity contribution in [2.75, 3.05) is 5.75 Å². The summed E-state index contributed by atoms with van der Waals surface area (Å²) in [5, 5.41) is 0.685. The molecule has 0 radical (unpaired) electrons. The average molecular weight is 156 g/mol. The first-order valence-corrected chi connectivity index (χ1v) is 5.00. The van der Waals surface area contributed by atoms with Gasteiger partial charge in [0.05, 0.1) is 0 Å². The summed E-state index contributed by atoms with van der Waals surface area (Å²) in [4.78, 5) is 10.7. The zero-order valence-electron chi connectivity index (χ0n) is 6.01. The summed E-state index contributed by atoms with van der Waals surface area (Å²) in [5.74, 6) is 1.28. The Kier molecular flexibility index (Phi) is 1.52. The third-order valence-corrected chi connectivity index (χ3v) is 4.26. The van der Waals surface area contributed by atoms with E-state index in [0.717, 1.165) is 12.8 Å². The monoisotopic (exact) mass is 156 g/mol. The SMILES string of the molecule is O=CC1(C2CCCS2)CC1. The van der Waals surface area contributed by atoms with Crippen LogP contribution in [0.15, 0.2) is 0 Å². The molecule has 0 spiro atoms. The second-order valence-corrected chi connectivity index (χ2v) is 4.66. The van der Waals surface area contributed by atoms with Gasteiger partial charge in [0.25, 0.3) is 0 Å². The van der Waals surface area contributed by atoms with Gasteiger partial charge in [-0.25, -0.2) is 0 Å². The van der Waals surface area contributed by atoms with Crippen LogP contribution < -0.4 is 0 Å². The molecule has 10 heavy (non-hydrogen) atoms. The largest absolute Gasteiger partial charge is 0.303 e. The Balaban J connectivity index is 2.03. The number of aldehydes is 1. The summed E-state index contributed by atoms with van der Waals surface area (Å²) < 4.78 is 0. The Hall–Kier alpha value is 0.0200. The molecular formula is C8H12OS. The van der Waals surface area contributed by atoms with Gasteiger partial charge in [0, 0.05) is 10.7 Å². The van der Waals surface area contributed by atoms with Gasteiger partial charge >= 0.3 is 0 Å². The summed E-state index contributed by atoms with van der Waals surface area (Å²) in [6.07, 6.45) is 6.13. The third kappa shape index (κ3) is 0.895. The minimum atomic E-state index is 0.154. The van der Waals surface area contributed by atoms with Crippen LogP contribution in [0.25, 0.3) is 0 Å². The molecule has 2 rings (SSSR count). The minimum Gasteiger partial charge on any atom is -0.303 e. The molecule has 0 aromatic rings. The molecule has 0 amide bonds. The highest BCUT2D eigenvalue weighted by Gasteiger charge is 2.50. The predicted molar refractivity (Wildman–Crippen MR) is 43.2 cm³/mol. The lowest BCUT2D eigenvalue weighted by Crippen LogP contribution is -2.16. The fourth-order valence-corrected chi connectivity index (χ4v) is 3.27. The number of rotatable bonds is 2. The van der Waals surface area contributed by atoms with Crippen molar-refractivity contribution in [3.05, 3.63) is 0 Å². The fraction of sp³-hybridized carbons (Fsp3) is 0.875. The molecule has 0 aromatic heterocycles. The van der Waals surface area contributed by atoms with Crippen molar-refractivity contribution >= 4 is 18.0 Å². The smallest absolute Gasteiger partial charge is 0.127 e. The van der Waals surface area contributed by atoms with Gasteiger partial charge in [-0.05, 0) is 31.4 Å². The van der Waals surface area contributed by atoms with Gasteiger partial charge in [0.15, 0.2) is 0 Å². The van der Waals surface area contributed by atoms with Gasteiger partial charge in [-0.1, -0.05) is 0 Å². The quantitative estimate of drug-likeness (QED) is 0.568. The van der Waals surface area contributed by atoms with Crippen LogP contribution in [0.5, 0.6) is 0 Å².